The minimum Gasteiger partial charge on any atom is -0.344 e. The smallest absolute Gasteiger partial charge is 0.237 e. The van der Waals surface area contributed by atoms with Crippen molar-refractivity contribution < 1.29 is 4.79 Å². The number of benzene rings is 2. The number of hydrogen-bond donors (Lipinski definition) is 2. The zero-order valence-corrected chi connectivity index (χ0v) is 11.6. The average Bonchev–Trinajstić information content (AvgIpc) is 2.53. The van der Waals surface area contributed by atoms with E-state index in [1.165, 1.54) is 0 Å². The fourth-order valence-electron chi connectivity index (χ4n) is 2.08. The standard InChI is InChI=1S/C17H20N2O/c1-2-15(18)17(20)19-16(13-9-5-3-6-10-13)14-11-7-4-8-12-14/h3-12,15-16H,2,18H2,1H3,(H,19,20). The molecule has 20 heavy (non-hydrogen) atoms. The van der Waals surface area contributed by atoms with Gasteiger partial charge in [-0.25, -0.2) is 0 Å². The molecule has 0 aliphatic rings. The van der Waals surface area contributed by atoms with Crippen molar-refractivity contribution in [1.82, 2.24) is 5.32 Å². The van der Waals surface area contributed by atoms with Gasteiger partial charge in [-0.15, -0.1) is 0 Å². The minimum atomic E-state index is -0.468. The molecule has 0 aromatic heterocycles. The highest BCUT2D eigenvalue weighted by Gasteiger charge is 2.19. The summed E-state index contributed by atoms with van der Waals surface area (Å²) in [4.78, 5) is 12.1. The minimum absolute atomic E-state index is 0.120. The third-order valence-corrected chi connectivity index (χ3v) is 3.33. The molecule has 0 bridgehead atoms. The monoisotopic (exact) mass is 268 g/mol. The topological polar surface area (TPSA) is 55.1 Å². The molecule has 2 rings (SSSR count). The van der Waals surface area contributed by atoms with E-state index in [2.05, 4.69) is 5.32 Å². The second-order valence-corrected chi connectivity index (χ2v) is 4.78. The van der Waals surface area contributed by atoms with Crippen LogP contribution < -0.4 is 11.1 Å². The van der Waals surface area contributed by atoms with E-state index in [0.717, 1.165) is 11.1 Å². The van der Waals surface area contributed by atoms with Gasteiger partial charge >= 0.3 is 0 Å². The van der Waals surface area contributed by atoms with E-state index in [0.29, 0.717) is 6.42 Å². The van der Waals surface area contributed by atoms with Crippen molar-refractivity contribution in [3.8, 4) is 0 Å². The largest absolute Gasteiger partial charge is 0.344 e. The Labute approximate surface area is 119 Å². The summed E-state index contributed by atoms with van der Waals surface area (Å²) in [5.41, 5.74) is 7.91. The first kappa shape index (κ1) is 14.3. The highest BCUT2D eigenvalue weighted by Crippen LogP contribution is 2.21. The van der Waals surface area contributed by atoms with Gasteiger partial charge < -0.3 is 11.1 Å². The predicted octanol–water partition coefficient (Wildman–Crippen LogP) is 2.63. The maximum absolute atomic E-state index is 12.1. The van der Waals surface area contributed by atoms with Gasteiger partial charge in [0.05, 0.1) is 12.1 Å². The Morgan fingerprint density at radius 2 is 1.45 bits per heavy atom. The van der Waals surface area contributed by atoms with E-state index in [9.17, 15) is 4.79 Å². The number of nitrogens with one attached hydrogen (secondary N) is 1. The van der Waals surface area contributed by atoms with Crippen LogP contribution in [-0.4, -0.2) is 11.9 Å². The van der Waals surface area contributed by atoms with Crippen LogP contribution in [0.4, 0.5) is 0 Å². The second kappa shape index (κ2) is 6.87. The molecule has 3 N–H and O–H groups in total. The molecular formula is C17H20N2O. The Morgan fingerprint density at radius 3 is 1.85 bits per heavy atom. The molecule has 3 heteroatoms. The third kappa shape index (κ3) is 3.45. The van der Waals surface area contributed by atoms with Gasteiger partial charge in [-0.1, -0.05) is 67.6 Å². The summed E-state index contributed by atoms with van der Waals surface area (Å²) in [5.74, 6) is -0.120. The lowest BCUT2D eigenvalue weighted by Crippen LogP contribution is -2.42. The molecule has 2 aromatic rings. The normalized spacial score (nSPS) is 12.2. The van der Waals surface area contributed by atoms with Gasteiger partial charge in [0.25, 0.3) is 0 Å². The summed E-state index contributed by atoms with van der Waals surface area (Å²) in [5, 5.41) is 3.04. The van der Waals surface area contributed by atoms with E-state index in [1.807, 2.05) is 67.6 Å². The van der Waals surface area contributed by atoms with Gasteiger partial charge in [-0.2, -0.15) is 0 Å². The van der Waals surface area contributed by atoms with Crippen molar-refractivity contribution in [3.63, 3.8) is 0 Å². The highest BCUT2D eigenvalue weighted by molar-refractivity contribution is 5.82. The van der Waals surface area contributed by atoms with Gasteiger partial charge in [0, 0.05) is 0 Å². The molecule has 104 valence electrons. The molecule has 1 amide bonds. The van der Waals surface area contributed by atoms with Crippen molar-refractivity contribution in [2.75, 3.05) is 0 Å². The lowest BCUT2D eigenvalue weighted by Gasteiger charge is -2.21. The Balaban J connectivity index is 2.28. The van der Waals surface area contributed by atoms with Crippen LogP contribution in [0, 0.1) is 0 Å². The van der Waals surface area contributed by atoms with E-state index in [-0.39, 0.29) is 11.9 Å². The Morgan fingerprint density at radius 1 is 1.00 bits per heavy atom. The summed E-state index contributed by atoms with van der Waals surface area (Å²) < 4.78 is 0. The SMILES string of the molecule is CCC(N)C(=O)NC(c1ccccc1)c1ccccc1. The molecule has 0 heterocycles. The third-order valence-electron chi connectivity index (χ3n) is 3.33. The molecule has 0 aliphatic carbocycles. The molecule has 2 aromatic carbocycles. The molecule has 1 unspecified atom stereocenters. The van der Waals surface area contributed by atoms with Gasteiger partial charge in [0.15, 0.2) is 0 Å². The maximum Gasteiger partial charge on any atom is 0.237 e. The van der Waals surface area contributed by atoms with Crippen molar-refractivity contribution >= 4 is 5.91 Å². The van der Waals surface area contributed by atoms with Crippen molar-refractivity contribution in [1.29, 1.82) is 0 Å². The first-order valence-electron chi connectivity index (χ1n) is 6.88. The Kier molecular flexibility index (Phi) is 4.91. The summed E-state index contributed by atoms with van der Waals surface area (Å²) in [7, 11) is 0. The zero-order valence-electron chi connectivity index (χ0n) is 11.6. The molecule has 0 radical (unpaired) electrons. The lowest BCUT2D eigenvalue weighted by atomic mass is 9.98. The fraction of sp³-hybridized carbons (Fsp3) is 0.235. The number of rotatable bonds is 5. The van der Waals surface area contributed by atoms with Crippen molar-refractivity contribution in [2.45, 2.75) is 25.4 Å². The van der Waals surface area contributed by atoms with Crippen LogP contribution in [0.5, 0.6) is 0 Å². The van der Waals surface area contributed by atoms with Crippen LogP contribution in [0.2, 0.25) is 0 Å². The second-order valence-electron chi connectivity index (χ2n) is 4.78. The highest BCUT2D eigenvalue weighted by atomic mass is 16.2. The molecule has 0 saturated heterocycles. The molecule has 3 nitrogen and oxygen atoms in total. The zero-order chi connectivity index (χ0) is 14.4. The Bertz CT molecular complexity index is 500. The van der Waals surface area contributed by atoms with Crippen molar-refractivity contribution in [2.24, 2.45) is 5.73 Å². The van der Waals surface area contributed by atoms with Crippen molar-refractivity contribution in [3.05, 3.63) is 71.8 Å². The fourth-order valence-corrected chi connectivity index (χ4v) is 2.08. The van der Waals surface area contributed by atoms with Gasteiger partial charge in [-0.05, 0) is 17.5 Å². The molecule has 1 atom stereocenters. The number of nitrogens with two attached hydrogens (primary N) is 1. The van der Waals surface area contributed by atoms with Gasteiger partial charge in [0.1, 0.15) is 0 Å². The number of carbonyl (C=O) groups is 1. The van der Waals surface area contributed by atoms with Crippen LogP contribution in [0.25, 0.3) is 0 Å². The van der Waals surface area contributed by atoms with Crippen LogP contribution in [-0.2, 0) is 4.79 Å². The van der Waals surface area contributed by atoms with E-state index >= 15 is 0 Å². The van der Waals surface area contributed by atoms with E-state index < -0.39 is 6.04 Å². The van der Waals surface area contributed by atoms with Crippen LogP contribution >= 0.6 is 0 Å². The summed E-state index contributed by atoms with van der Waals surface area (Å²) in [6.07, 6.45) is 0.627. The van der Waals surface area contributed by atoms with E-state index in [1.54, 1.807) is 0 Å². The predicted molar refractivity (Wildman–Crippen MR) is 81.1 cm³/mol. The quantitative estimate of drug-likeness (QED) is 0.876. The van der Waals surface area contributed by atoms with Crippen LogP contribution in [0.15, 0.2) is 60.7 Å². The maximum atomic E-state index is 12.1. The average molecular weight is 268 g/mol. The number of carbonyl (C=O) groups excluding carboxylic acids is 1. The molecule has 0 fully saturated rings. The molecular weight excluding hydrogens is 248 g/mol. The van der Waals surface area contributed by atoms with Gasteiger partial charge in [0.2, 0.25) is 5.91 Å². The van der Waals surface area contributed by atoms with Crippen LogP contribution in [0.1, 0.15) is 30.5 Å². The number of amides is 1. The molecule has 0 aliphatic heterocycles. The van der Waals surface area contributed by atoms with Crippen LogP contribution in [0.3, 0.4) is 0 Å². The summed E-state index contributed by atoms with van der Waals surface area (Å²) in [6.45, 7) is 1.91. The lowest BCUT2D eigenvalue weighted by molar-refractivity contribution is -0.122. The van der Waals surface area contributed by atoms with E-state index in [4.69, 9.17) is 5.73 Å². The first-order chi connectivity index (χ1) is 9.72. The van der Waals surface area contributed by atoms with Gasteiger partial charge in [-0.3, -0.25) is 4.79 Å². The molecule has 0 spiro atoms. The first-order valence-corrected chi connectivity index (χ1v) is 6.88. The number of hydrogen-bond acceptors (Lipinski definition) is 2. The Hall–Kier alpha value is -2.13. The molecule has 0 saturated carbocycles. The summed E-state index contributed by atoms with van der Waals surface area (Å²) >= 11 is 0. The summed E-state index contributed by atoms with van der Waals surface area (Å²) in [6, 6.07) is 19.2.